The molecule has 0 radical (unpaired) electrons. The van der Waals surface area contributed by atoms with Gasteiger partial charge in [0.05, 0.1) is 0 Å². The molecule has 0 aromatic rings. The Morgan fingerprint density at radius 1 is 0.750 bits per heavy atom. The molecule has 0 aromatic heterocycles. The van der Waals surface area contributed by atoms with E-state index in [1.165, 1.54) is 81.9 Å². The van der Waals surface area contributed by atoms with Crippen molar-refractivity contribution in [3.63, 3.8) is 0 Å². The van der Waals surface area contributed by atoms with E-state index < -0.39 is 5.97 Å². The van der Waals surface area contributed by atoms with Gasteiger partial charge in [0, 0.05) is 38.3 Å². The highest BCUT2D eigenvalue weighted by atomic mass is 16.4. The van der Waals surface area contributed by atoms with E-state index in [1.54, 1.807) is 6.92 Å². The number of rotatable bonds is 22. The van der Waals surface area contributed by atoms with Crippen LogP contribution in [0.1, 0.15) is 143 Å². The van der Waals surface area contributed by atoms with Crippen molar-refractivity contribution in [2.24, 2.45) is 5.92 Å². The van der Waals surface area contributed by atoms with E-state index in [4.69, 9.17) is 5.11 Å². The van der Waals surface area contributed by atoms with Crippen molar-refractivity contribution in [3.8, 4) is 0 Å². The van der Waals surface area contributed by atoms with Crippen LogP contribution >= 0.6 is 0 Å². The molecule has 36 heavy (non-hydrogen) atoms. The van der Waals surface area contributed by atoms with Crippen LogP contribution in [-0.2, 0) is 19.2 Å². The Morgan fingerprint density at radius 3 is 1.50 bits per heavy atom. The number of aliphatic carboxylic acids is 1. The van der Waals surface area contributed by atoms with Crippen molar-refractivity contribution >= 4 is 23.7 Å². The van der Waals surface area contributed by atoms with Crippen molar-refractivity contribution in [2.45, 2.75) is 143 Å². The molecule has 0 spiro atoms. The van der Waals surface area contributed by atoms with Crippen LogP contribution in [0.5, 0.6) is 0 Å². The second-order valence-electron chi connectivity index (χ2n) is 9.89. The molecule has 1 saturated heterocycles. The third-order valence-electron chi connectivity index (χ3n) is 6.67. The predicted molar refractivity (Wildman–Crippen MR) is 146 cm³/mol. The minimum atomic E-state index is -0.680. The van der Waals surface area contributed by atoms with Gasteiger partial charge in [-0.25, -0.2) is 0 Å². The summed E-state index contributed by atoms with van der Waals surface area (Å²) in [6, 6.07) is 0. The number of hydrogen-bond acceptors (Lipinski definition) is 4. The minimum Gasteiger partial charge on any atom is -0.481 e. The largest absolute Gasteiger partial charge is 0.481 e. The number of carbonyl (C=O) groups is 4. The summed E-state index contributed by atoms with van der Waals surface area (Å²) in [7, 11) is 0. The molecule has 0 aromatic carbocycles. The van der Waals surface area contributed by atoms with Gasteiger partial charge in [-0.2, -0.15) is 0 Å². The summed E-state index contributed by atoms with van der Waals surface area (Å²) >= 11 is 0. The van der Waals surface area contributed by atoms with E-state index in [1.807, 2.05) is 13.8 Å². The maximum Gasteiger partial charge on any atom is 0.303 e. The van der Waals surface area contributed by atoms with E-state index in [9.17, 15) is 19.2 Å². The molecule has 1 rings (SSSR count). The van der Waals surface area contributed by atoms with Gasteiger partial charge in [-0.05, 0) is 12.8 Å². The molecular formula is C29H54N2O5. The van der Waals surface area contributed by atoms with E-state index in [-0.39, 0.29) is 36.6 Å². The second kappa shape index (κ2) is 23.5. The van der Waals surface area contributed by atoms with Crippen LogP contribution in [0, 0.1) is 5.92 Å². The molecule has 1 unspecified atom stereocenters. The number of nitrogens with one attached hydrogen (secondary N) is 1. The molecule has 3 amide bonds. The lowest BCUT2D eigenvalue weighted by atomic mass is 10.0. The summed E-state index contributed by atoms with van der Waals surface area (Å²) in [6.45, 7) is 6.39. The Balaban J connectivity index is 0.00000596. The highest BCUT2D eigenvalue weighted by molar-refractivity contribution is 6.03. The quantitative estimate of drug-likeness (QED) is 0.126. The second-order valence-corrected chi connectivity index (χ2v) is 9.89. The summed E-state index contributed by atoms with van der Waals surface area (Å²) in [6.07, 6.45) is 20.2. The van der Waals surface area contributed by atoms with Crippen LogP contribution in [0.3, 0.4) is 0 Å². The number of carbonyl (C=O) groups excluding carboxylic acids is 3. The number of carboxylic acid groups (broad SMARTS) is 1. The fourth-order valence-corrected chi connectivity index (χ4v) is 4.52. The van der Waals surface area contributed by atoms with Crippen molar-refractivity contribution in [2.75, 3.05) is 13.1 Å². The van der Waals surface area contributed by atoms with Crippen molar-refractivity contribution in [1.82, 2.24) is 10.2 Å². The van der Waals surface area contributed by atoms with E-state index in [0.717, 1.165) is 25.7 Å². The summed E-state index contributed by atoms with van der Waals surface area (Å²) in [5, 5.41) is 11.4. The first-order valence-electron chi connectivity index (χ1n) is 14.7. The zero-order chi connectivity index (χ0) is 27.0. The van der Waals surface area contributed by atoms with Crippen LogP contribution in [0.2, 0.25) is 0 Å². The molecule has 1 aliphatic heterocycles. The molecule has 1 heterocycles. The molecular weight excluding hydrogens is 456 g/mol. The van der Waals surface area contributed by atoms with Crippen LogP contribution in [0.25, 0.3) is 0 Å². The van der Waals surface area contributed by atoms with Crippen LogP contribution in [0.4, 0.5) is 0 Å². The fraction of sp³-hybridized carbons (Fsp3) is 0.862. The Bertz CT molecular complexity index is 608. The highest BCUT2D eigenvalue weighted by Gasteiger charge is 2.34. The minimum absolute atomic E-state index is 0.00493. The third kappa shape index (κ3) is 18.4. The van der Waals surface area contributed by atoms with Crippen molar-refractivity contribution in [1.29, 1.82) is 0 Å². The van der Waals surface area contributed by atoms with E-state index in [0.29, 0.717) is 19.4 Å². The molecule has 7 heteroatoms. The Labute approximate surface area is 220 Å². The molecule has 0 saturated carbocycles. The lowest BCUT2D eigenvalue weighted by Gasteiger charge is -2.14. The number of imide groups is 1. The highest BCUT2D eigenvalue weighted by Crippen LogP contribution is 2.18. The summed E-state index contributed by atoms with van der Waals surface area (Å²) in [5.41, 5.74) is 0. The monoisotopic (exact) mass is 510 g/mol. The first kappa shape index (κ1) is 34.1. The van der Waals surface area contributed by atoms with Gasteiger partial charge in [-0.3, -0.25) is 24.1 Å². The topological polar surface area (TPSA) is 104 Å². The fourth-order valence-electron chi connectivity index (χ4n) is 4.52. The van der Waals surface area contributed by atoms with Gasteiger partial charge >= 0.3 is 5.97 Å². The number of hydrogen-bond donors (Lipinski definition) is 2. The average molecular weight is 511 g/mol. The van der Waals surface area contributed by atoms with Crippen LogP contribution in [0.15, 0.2) is 0 Å². The smallest absolute Gasteiger partial charge is 0.303 e. The molecule has 1 fully saturated rings. The zero-order valence-corrected chi connectivity index (χ0v) is 23.5. The average Bonchev–Trinajstić information content (AvgIpc) is 3.10. The molecule has 210 valence electrons. The molecule has 0 bridgehead atoms. The summed E-state index contributed by atoms with van der Waals surface area (Å²) in [5.74, 6) is -1.17. The summed E-state index contributed by atoms with van der Waals surface area (Å²) < 4.78 is 0. The van der Waals surface area contributed by atoms with Crippen molar-refractivity contribution in [3.05, 3.63) is 0 Å². The lowest BCUT2D eigenvalue weighted by molar-refractivity contribution is -0.140. The molecule has 2 N–H and O–H groups in total. The third-order valence-corrected chi connectivity index (χ3v) is 6.67. The van der Waals surface area contributed by atoms with Gasteiger partial charge in [0.2, 0.25) is 17.7 Å². The predicted octanol–water partition coefficient (Wildman–Crippen LogP) is 6.63. The lowest BCUT2D eigenvalue weighted by Crippen LogP contribution is -2.38. The number of carboxylic acids is 1. The molecule has 0 aliphatic carbocycles. The Kier molecular flexibility index (Phi) is 22.2. The standard InChI is InChI=1S/C27H48N2O5.C2H6/c1-23-22-25(31)29(27(23)34)21-20-28-24(30)18-16-14-12-10-8-6-4-2-3-5-7-9-11-13-15-17-19-26(32)33;1-2/h23H,2-22H2,1H3,(H,28,30)(H,32,33);1-2H3. The normalized spacial score (nSPS) is 15.1. The van der Waals surface area contributed by atoms with Gasteiger partial charge < -0.3 is 10.4 Å². The molecule has 1 atom stereocenters. The van der Waals surface area contributed by atoms with Gasteiger partial charge in [-0.1, -0.05) is 111 Å². The Hall–Kier alpha value is -1.92. The van der Waals surface area contributed by atoms with Crippen molar-refractivity contribution < 1.29 is 24.3 Å². The number of unbranched alkanes of at least 4 members (excludes halogenated alkanes) is 15. The van der Waals surface area contributed by atoms with E-state index in [2.05, 4.69) is 5.32 Å². The first-order chi connectivity index (χ1) is 17.4. The van der Waals surface area contributed by atoms with E-state index >= 15 is 0 Å². The maximum atomic E-state index is 11.9. The SMILES string of the molecule is CC.CC1CC(=O)N(CCNC(=O)CCCCCCCCCCCCCCCCCCC(=O)O)C1=O. The number of amides is 3. The maximum absolute atomic E-state index is 11.9. The van der Waals surface area contributed by atoms with Crippen LogP contribution < -0.4 is 5.32 Å². The number of likely N-dealkylation sites (tertiary alicyclic amines) is 1. The van der Waals surface area contributed by atoms with Crippen LogP contribution in [-0.4, -0.2) is 46.8 Å². The Morgan fingerprint density at radius 2 is 1.14 bits per heavy atom. The zero-order valence-electron chi connectivity index (χ0n) is 23.5. The van der Waals surface area contributed by atoms with Gasteiger partial charge in [0.15, 0.2) is 0 Å². The molecule has 7 nitrogen and oxygen atoms in total. The number of nitrogens with zero attached hydrogens (tertiary/aromatic N) is 1. The van der Waals surface area contributed by atoms with Gasteiger partial charge in [0.1, 0.15) is 0 Å². The van der Waals surface area contributed by atoms with Gasteiger partial charge in [-0.15, -0.1) is 0 Å². The first-order valence-corrected chi connectivity index (χ1v) is 14.7. The molecule has 1 aliphatic rings. The summed E-state index contributed by atoms with van der Waals surface area (Å²) in [4.78, 5) is 47.2. The van der Waals surface area contributed by atoms with Gasteiger partial charge in [0.25, 0.3) is 0 Å².